The normalized spacial score (nSPS) is 10.4. The minimum Gasteiger partial charge on any atom is -0.362 e. The zero-order chi connectivity index (χ0) is 8.69. The predicted molar refractivity (Wildman–Crippen MR) is 49.2 cm³/mol. The van der Waals surface area contributed by atoms with Crippen molar-refractivity contribution in [2.24, 2.45) is 11.5 Å². The van der Waals surface area contributed by atoms with Crippen molar-refractivity contribution >= 4 is 22.5 Å². The first kappa shape index (κ1) is 11.0. The van der Waals surface area contributed by atoms with Gasteiger partial charge in [-0.05, 0) is 20.5 Å². The molecule has 3 radical (unpaired) electrons. The van der Waals surface area contributed by atoms with E-state index in [0.717, 1.165) is 6.44 Å². The zero-order valence-electron chi connectivity index (χ0n) is 6.99. The Morgan fingerprint density at radius 2 is 2.18 bits per heavy atom. The van der Waals surface area contributed by atoms with Crippen LogP contribution in [-0.4, -0.2) is 52.7 Å². The van der Waals surface area contributed by atoms with E-state index in [0.29, 0.717) is 0 Å². The molecule has 0 bridgehead atoms. The van der Waals surface area contributed by atoms with Crippen molar-refractivity contribution in [2.75, 3.05) is 20.5 Å². The molecule has 0 unspecified atom stereocenters. The van der Waals surface area contributed by atoms with Crippen molar-refractivity contribution in [3.63, 3.8) is 0 Å². The molecule has 0 aromatic rings. The maximum Gasteiger partial charge on any atom is 0.315 e. The molecule has 0 amide bonds. The second-order valence-electron chi connectivity index (χ2n) is 2.14. The van der Waals surface area contributed by atoms with Crippen LogP contribution in [0.4, 0.5) is 0 Å². The Labute approximate surface area is 70.3 Å². The van der Waals surface area contributed by atoms with E-state index in [1.54, 1.807) is 7.55 Å². The molecule has 5 N–H and O–H groups in total. The summed E-state index contributed by atoms with van der Waals surface area (Å²) in [5.74, 6) is 5.37. The average Bonchev–Trinajstić information content (AvgIpc) is 2.00. The van der Waals surface area contributed by atoms with E-state index in [1.807, 2.05) is 26.3 Å². The number of nitrogens with two attached hydrogens (primary N) is 2. The van der Waals surface area contributed by atoms with Gasteiger partial charge in [0, 0.05) is 0 Å². The smallest absolute Gasteiger partial charge is 0.315 e. The van der Waals surface area contributed by atoms with Gasteiger partial charge in [-0.3, -0.25) is 5.84 Å². The van der Waals surface area contributed by atoms with Gasteiger partial charge in [0.25, 0.3) is 0 Å². The van der Waals surface area contributed by atoms with Crippen LogP contribution in [0.3, 0.4) is 0 Å². The molecule has 8 heteroatoms. The van der Waals surface area contributed by atoms with Gasteiger partial charge in [-0.2, -0.15) is 0 Å². The third-order valence-electron chi connectivity index (χ3n) is 1.09. The van der Waals surface area contributed by atoms with E-state index < -0.39 is 0 Å². The fourth-order valence-electron chi connectivity index (χ4n) is 0.549. The molecule has 0 saturated carbocycles. The van der Waals surface area contributed by atoms with Gasteiger partial charge in [0.1, 0.15) is 0 Å². The van der Waals surface area contributed by atoms with Crippen LogP contribution in [0, 0.1) is 0 Å². The predicted octanol–water partition coefficient (Wildman–Crippen LogP) is -3.08. The molecule has 0 fully saturated rings. The first-order valence-corrected chi connectivity index (χ1v) is 3.33. The Morgan fingerprint density at radius 1 is 1.55 bits per heavy atom. The van der Waals surface area contributed by atoms with Gasteiger partial charge >= 0.3 is 15.1 Å². The van der Waals surface area contributed by atoms with Crippen LogP contribution < -0.4 is 16.7 Å². The summed E-state index contributed by atoms with van der Waals surface area (Å²) in [6.07, 6.45) is 0.776. The van der Waals surface area contributed by atoms with Crippen LogP contribution in [0.25, 0.3) is 0 Å². The van der Waals surface area contributed by atoms with Crippen LogP contribution in [0.15, 0.2) is 0 Å². The van der Waals surface area contributed by atoms with Crippen LogP contribution >= 0.6 is 0 Å². The van der Waals surface area contributed by atoms with E-state index in [-0.39, 0.29) is 0 Å². The fourth-order valence-corrected chi connectivity index (χ4v) is 0.549. The quantitative estimate of drug-likeness (QED) is 0.213. The van der Waals surface area contributed by atoms with Gasteiger partial charge in [-0.25, -0.2) is 0 Å². The minimum absolute atomic E-state index is 0.776. The number of hydrogen-bond donors (Lipinski definition) is 3. The van der Waals surface area contributed by atoms with Crippen LogP contribution in [-0.2, 0) is 0 Å². The number of nitrogens with zero attached hydrogens (tertiary/aromatic N) is 2. The molecule has 5 nitrogen and oxygen atoms in total. The van der Waals surface area contributed by atoms with Gasteiger partial charge in [-0.15, -0.1) is 0 Å². The number of nitrogens with one attached hydrogen (secondary N) is 1. The maximum atomic E-state index is 5.37. The second-order valence-corrected chi connectivity index (χ2v) is 2.14. The Hall–Kier alpha value is -0.00519. The van der Waals surface area contributed by atoms with Crippen molar-refractivity contribution in [1.29, 1.82) is 0 Å². The largest absolute Gasteiger partial charge is 0.362 e. The number of hydrogen-bond acceptors (Lipinski definition) is 5. The van der Waals surface area contributed by atoms with Gasteiger partial charge in [0.2, 0.25) is 7.41 Å². The summed E-state index contributed by atoms with van der Waals surface area (Å²) in [7, 11) is 8.63. The lowest BCUT2D eigenvalue weighted by molar-refractivity contribution is 0.556. The molecule has 0 aliphatic heterocycles. The molecule has 0 atom stereocenters. The van der Waals surface area contributed by atoms with Crippen LogP contribution in [0.1, 0.15) is 0 Å². The summed E-state index contributed by atoms with van der Waals surface area (Å²) in [5, 5.41) is 2.90. The molecular formula is C3H13B3N5. The summed E-state index contributed by atoms with van der Waals surface area (Å²) in [6, 6.07) is 0. The summed E-state index contributed by atoms with van der Waals surface area (Å²) in [6.45, 7) is 0. The van der Waals surface area contributed by atoms with E-state index in [4.69, 9.17) is 11.5 Å². The molecule has 0 rings (SSSR count). The highest BCUT2D eigenvalue weighted by atomic mass is 15.3. The third-order valence-corrected chi connectivity index (χ3v) is 1.09. The molecule has 0 heterocycles. The molecule has 0 aromatic carbocycles. The molecule has 0 spiro atoms. The highest BCUT2D eigenvalue weighted by Crippen LogP contribution is 1.75. The molecule has 0 aliphatic rings. The van der Waals surface area contributed by atoms with Gasteiger partial charge in [-0.1, -0.05) is 0 Å². The van der Waals surface area contributed by atoms with Gasteiger partial charge in [0.15, 0.2) is 0 Å². The van der Waals surface area contributed by atoms with E-state index in [2.05, 4.69) is 5.23 Å². The monoisotopic (exact) mass is 152 g/mol. The molecule has 0 saturated heterocycles. The lowest BCUT2D eigenvalue weighted by Gasteiger charge is -2.19. The van der Waals surface area contributed by atoms with Gasteiger partial charge in [0.05, 0.1) is 0 Å². The Kier molecular flexibility index (Phi) is 6.69. The van der Waals surface area contributed by atoms with Crippen molar-refractivity contribution in [3.05, 3.63) is 0 Å². The number of hydrazine groups is 1. The standard InChI is InChI=1S/C3H13B3N5/c1-9-4-3-10(2)6-11(8)5-7/h9H,3,7-8H2,1-2H3. The van der Waals surface area contributed by atoms with E-state index in [9.17, 15) is 0 Å². The SMILES string of the molecule is CN[B]CN(C)[B]N(N)[B]N. The highest BCUT2D eigenvalue weighted by Gasteiger charge is 2.05. The Bertz CT molecular complexity index is 93.0. The van der Waals surface area contributed by atoms with E-state index >= 15 is 0 Å². The topological polar surface area (TPSA) is 70.5 Å². The first-order valence-electron chi connectivity index (χ1n) is 3.33. The fraction of sp³-hybridized carbons (Fsp3) is 1.00. The molecule has 0 aliphatic carbocycles. The lowest BCUT2D eigenvalue weighted by atomic mass is 9.89. The zero-order valence-corrected chi connectivity index (χ0v) is 6.99. The van der Waals surface area contributed by atoms with E-state index in [1.165, 1.54) is 12.4 Å². The summed E-state index contributed by atoms with van der Waals surface area (Å²) in [5.41, 5.74) is 5.14. The van der Waals surface area contributed by atoms with Crippen LogP contribution in [0.5, 0.6) is 0 Å². The van der Waals surface area contributed by atoms with Gasteiger partial charge < -0.3 is 20.5 Å². The van der Waals surface area contributed by atoms with Crippen molar-refractivity contribution in [1.82, 2.24) is 14.9 Å². The summed E-state index contributed by atoms with van der Waals surface area (Å²) < 4.78 is 0. The Morgan fingerprint density at radius 3 is 2.64 bits per heavy atom. The number of rotatable bonds is 6. The molecule has 0 aromatic heterocycles. The van der Waals surface area contributed by atoms with Crippen molar-refractivity contribution in [2.45, 2.75) is 0 Å². The maximum absolute atomic E-state index is 5.37. The van der Waals surface area contributed by atoms with Crippen LogP contribution in [0.2, 0.25) is 0 Å². The highest BCUT2D eigenvalue weighted by molar-refractivity contribution is 6.47. The molecule has 11 heavy (non-hydrogen) atoms. The van der Waals surface area contributed by atoms with Crippen molar-refractivity contribution in [3.8, 4) is 0 Å². The molecule has 59 valence electrons. The van der Waals surface area contributed by atoms with Crippen molar-refractivity contribution < 1.29 is 0 Å². The first-order chi connectivity index (χ1) is 5.20. The third kappa shape index (κ3) is 6.40. The average molecular weight is 152 g/mol. The summed E-state index contributed by atoms with van der Waals surface area (Å²) >= 11 is 0. The lowest BCUT2D eigenvalue weighted by Crippen LogP contribution is -2.50. The Balaban J connectivity index is 3.27. The summed E-state index contributed by atoms with van der Waals surface area (Å²) in [4.78, 5) is 3.18. The second kappa shape index (κ2) is 6.69. The minimum atomic E-state index is 0.776. The molecular weight excluding hydrogens is 139 g/mol.